The number of rotatable bonds is 1. The van der Waals surface area contributed by atoms with Crippen molar-refractivity contribution in [2.75, 3.05) is 0 Å². The molecule has 0 fully saturated rings. The van der Waals surface area contributed by atoms with E-state index in [1.807, 2.05) is 0 Å². The maximum absolute atomic E-state index is 10.9. The lowest BCUT2D eigenvalue weighted by Gasteiger charge is -1.87. The highest BCUT2D eigenvalue weighted by atomic mass is 16.2. The van der Waals surface area contributed by atoms with E-state index < -0.39 is 0 Å². The van der Waals surface area contributed by atoms with Gasteiger partial charge in [0.2, 0.25) is 0 Å². The Morgan fingerprint density at radius 3 is 3.00 bits per heavy atom. The molecule has 11 heavy (non-hydrogen) atoms. The molecule has 0 aromatic carbocycles. The van der Waals surface area contributed by atoms with Gasteiger partial charge in [0.1, 0.15) is 12.7 Å². The van der Waals surface area contributed by atoms with Crippen LogP contribution in [0.2, 0.25) is 0 Å². The first-order chi connectivity index (χ1) is 5.38. The van der Waals surface area contributed by atoms with Crippen LogP contribution in [-0.2, 0) is 0 Å². The summed E-state index contributed by atoms with van der Waals surface area (Å²) in [7, 11) is 0. The van der Waals surface area contributed by atoms with Gasteiger partial charge in [-0.3, -0.25) is 4.98 Å². The third-order valence-corrected chi connectivity index (χ3v) is 1.16. The molecule has 0 radical (unpaired) electrons. The second-order valence-electron chi connectivity index (χ2n) is 1.81. The van der Waals surface area contributed by atoms with Gasteiger partial charge < -0.3 is 0 Å². The van der Waals surface area contributed by atoms with Gasteiger partial charge in [-0.1, -0.05) is 0 Å². The van der Waals surface area contributed by atoms with E-state index >= 15 is 0 Å². The minimum Gasteiger partial charge on any atom is -0.295 e. The summed E-state index contributed by atoms with van der Waals surface area (Å²) in [6, 6.07) is 0. The lowest BCUT2D eigenvalue weighted by atomic mass is 11.0. The third-order valence-electron chi connectivity index (χ3n) is 1.16. The highest BCUT2D eigenvalue weighted by Gasteiger charge is 2.01. The summed E-state index contributed by atoms with van der Waals surface area (Å²) in [5, 5.41) is 9.74. The first-order valence-corrected chi connectivity index (χ1v) is 2.86. The molecule has 2 N–H and O–H groups in total. The van der Waals surface area contributed by atoms with Gasteiger partial charge in [-0.15, -0.1) is 4.68 Å². The van der Waals surface area contributed by atoms with Crippen LogP contribution < -0.4 is 5.69 Å². The zero-order valence-corrected chi connectivity index (χ0v) is 5.35. The first-order valence-electron chi connectivity index (χ1n) is 2.86. The van der Waals surface area contributed by atoms with Gasteiger partial charge in [-0.2, -0.15) is 15.2 Å². The van der Waals surface area contributed by atoms with Crippen molar-refractivity contribution in [2.24, 2.45) is 0 Å². The molecule has 0 saturated heterocycles. The van der Waals surface area contributed by atoms with Crippen molar-refractivity contribution in [2.45, 2.75) is 0 Å². The van der Waals surface area contributed by atoms with Gasteiger partial charge in [0.25, 0.3) is 5.95 Å². The Morgan fingerprint density at radius 2 is 2.45 bits per heavy atom. The summed E-state index contributed by atoms with van der Waals surface area (Å²) >= 11 is 0. The third kappa shape index (κ3) is 0.820. The molecule has 0 aliphatic rings. The number of hydrogen-bond donors (Lipinski definition) is 2. The molecule has 2 rings (SSSR count). The summed E-state index contributed by atoms with van der Waals surface area (Å²) in [6.07, 6.45) is 2.58. The fourth-order valence-electron chi connectivity index (χ4n) is 0.707. The van der Waals surface area contributed by atoms with Crippen LogP contribution in [0.1, 0.15) is 0 Å². The van der Waals surface area contributed by atoms with E-state index in [0.29, 0.717) is 5.95 Å². The molecule has 2 aromatic heterocycles. The summed E-state index contributed by atoms with van der Waals surface area (Å²) in [5.41, 5.74) is -0.346. The predicted molar refractivity (Wildman–Crippen MR) is 34.1 cm³/mol. The Hall–Kier alpha value is -1.92. The van der Waals surface area contributed by atoms with Crippen LogP contribution in [0.25, 0.3) is 5.95 Å². The van der Waals surface area contributed by atoms with E-state index in [-0.39, 0.29) is 5.69 Å². The molecule has 56 valence electrons. The molecule has 7 heteroatoms. The SMILES string of the molecule is O=c1[nH]cnn1-c1ncn[nH]1. The minimum absolute atomic E-state index is 0.302. The van der Waals surface area contributed by atoms with E-state index in [1.165, 1.54) is 12.7 Å². The van der Waals surface area contributed by atoms with Crippen molar-refractivity contribution in [1.82, 2.24) is 29.9 Å². The molecule has 0 bridgehead atoms. The van der Waals surface area contributed by atoms with Crippen LogP contribution in [0.3, 0.4) is 0 Å². The number of H-pyrrole nitrogens is 2. The van der Waals surface area contributed by atoms with Gasteiger partial charge in [0.05, 0.1) is 0 Å². The fraction of sp³-hybridized carbons (Fsp3) is 0. The Labute approximate surface area is 60.1 Å². The zero-order chi connectivity index (χ0) is 7.68. The summed E-state index contributed by atoms with van der Waals surface area (Å²) < 4.78 is 1.08. The first kappa shape index (κ1) is 5.83. The smallest absolute Gasteiger partial charge is 0.295 e. The molecule has 0 spiro atoms. The van der Waals surface area contributed by atoms with Crippen LogP contribution in [0.15, 0.2) is 17.4 Å². The number of aromatic nitrogens is 6. The Kier molecular flexibility index (Phi) is 1.08. The topological polar surface area (TPSA) is 92.2 Å². The lowest BCUT2D eigenvalue weighted by molar-refractivity contribution is 0.783. The molecular formula is C4H4N6O. The summed E-state index contributed by atoms with van der Waals surface area (Å²) in [6.45, 7) is 0. The van der Waals surface area contributed by atoms with Crippen LogP contribution in [0.5, 0.6) is 0 Å². The van der Waals surface area contributed by atoms with E-state index in [0.717, 1.165) is 4.68 Å². The van der Waals surface area contributed by atoms with E-state index in [1.54, 1.807) is 0 Å². The molecule has 2 heterocycles. The highest BCUT2D eigenvalue weighted by Crippen LogP contribution is 1.86. The summed E-state index contributed by atoms with van der Waals surface area (Å²) in [4.78, 5) is 17.0. The zero-order valence-electron chi connectivity index (χ0n) is 5.35. The van der Waals surface area contributed by atoms with E-state index in [4.69, 9.17) is 0 Å². The molecule has 7 nitrogen and oxygen atoms in total. The highest BCUT2D eigenvalue weighted by molar-refractivity contribution is 5.01. The van der Waals surface area contributed by atoms with Crippen molar-refractivity contribution >= 4 is 0 Å². The van der Waals surface area contributed by atoms with Crippen molar-refractivity contribution < 1.29 is 0 Å². The van der Waals surface area contributed by atoms with Crippen LogP contribution in [0, 0.1) is 0 Å². The van der Waals surface area contributed by atoms with Crippen LogP contribution in [-0.4, -0.2) is 29.9 Å². The molecule has 0 amide bonds. The molecule has 0 unspecified atom stereocenters. The largest absolute Gasteiger partial charge is 0.350 e. The maximum atomic E-state index is 10.9. The standard InChI is InChI=1S/C4H4N6O/c11-4-6-2-8-10(4)3-5-1-7-9-3/h1-2H,(H,5,7,9)(H,6,8,11). The quantitative estimate of drug-likeness (QED) is 0.530. The lowest BCUT2D eigenvalue weighted by Crippen LogP contribution is -2.17. The second-order valence-corrected chi connectivity index (χ2v) is 1.81. The number of aromatic amines is 2. The average Bonchev–Trinajstić information content (AvgIpc) is 2.55. The minimum atomic E-state index is -0.346. The summed E-state index contributed by atoms with van der Waals surface area (Å²) in [5.74, 6) is 0.302. The number of hydrogen-bond acceptors (Lipinski definition) is 4. The predicted octanol–water partition coefficient (Wildman–Crippen LogP) is -1.32. The number of nitrogens with zero attached hydrogens (tertiary/aromatic N) is 4. The Morgan fingerprint density at radius 1 is 1.55 bits per heavy atom. The van der Waals surface area contributed by atoms with Crippen molar-refractivity contribution in [3.63, 3.8) is 0 Å². The van der Waals surface area contributed by atoms with Gasteiger partial charge >= 0.3 is 5.69 Å². The monoisotopic (exact) mass is 152 g/mol. The Balaban J connectivity index is 2.62. The van der Waals surface area contributed by atoms with Gasteiger partial charge in [-0.25, -0.2) is 9.89 Å². The van der Waals surface area contributed by atoms with E-state index in [2.05, 4.69) is 25.3 Å². The van der Waals surface area contributed by atoms with Crippen molar-refractivity contribution in [3.05, 3.63) is 23.1 Å². The van der Waals surface area contributed by atoms with Gasteiger partial charge in [0, 0.05) is 0 Å². The molecule has 0 saturated carbocycles. The molecular weight excluding hydrogens is 148 g/mol. The molecule has 0 aliphatic heterocycles. The molecule has 0 aliphatic carbocycles. The van der Waals surface area contributed by atoms with Crippen molar-refractivity contribution in [1.29, 1.82) is 0 Å². The Bertz CT molecular complexity index is 383. The molecule has 2 aromatic rings. The van der Waals surface area contributed by atoms with Gasteiger partial charge in [-0.05, 0) is 0 Å². The van der Waals surface area contributed by atoms with Crippen LogP contribution in [0.4, 0.5) is 0 Å². The normalized spacial score (nSPS) is 10.2. The maximum Gasteiger partial charge on any atom is 0.350 e. The van der Waals surface area contributed by atoms with E-state index in [9.17, 15) is 4.79 Å². The van der Waals surface area contributed by atoms with Crippen molar-refractivity contribution in [3.8, 4) is 5.95 Å². The van der Waals surface area contributed by atoms with Gasteiger partial charge in [0.15, 0.2) is 0 Å². The number of nitrogens with one attached hydrogen (secondary N) is 2. The fourth-order valence-corrected chi connectivity index (χ4v) is 0.707. The second kappa shape index (κ2) is 2.04. The molecule has 0 atom stereocenters. The van der Waals surface area contributed by atoms with Crippen LogP contribution >= 0.6 is 0 Å². The average molecular weight is 152 g/mol.